The first kappa shape index (κ1) is 18.9. The molecule has 0 saturated carbocycles. The normalized spacial score (nSPS) is 11.4. The first-order valence-corrected chi connectivity index (χ1v) is 9.96. The summed E-state index contributed by atoms with van der Waals surface area (Å²) in [6, 6.07) is 14.4. The van der Waals surface area contributed by atoms with E-state index < -0.39 is 4.92 Å². The molecule has 0 saturated heterocycles. The Bertz CT molecular complexity index is 1090. The molecule has 3 aromatic rings. The predicted molar refractivity (Wildman–Crippen MR) is 108 cm³/mol. The number of hydrogen-bond donors (Lipinski definition) is 0. The van der Waals surface area contributed by atoms with Crippen LogP contribution in [-0.4, -0.2) is 21.2 Å². The molecule has 0 N–H and O–H groups in total. The van der Waals surface area contributed by atoms with Gasteiger partial charge in [-0.15, -0.1) is 18.2 Å². The third-order valence-electron chi connectivity index (χ3n) is 3.68. The van der Waals surface area contributed by atoms with Gasteiger partial charge in [0.25, 0.3) is 11.6 Å². The highest BCUT2D eigenvalue weighted by molar-refractivity contribution is 7.99. The van der Waals surface area contributed by atoms with Crippen molar-refractivity contribution in [1.29, 1.82) is 0 Å². The van der Waals surface area contributed by atoms with Crippen LogP contribution in [0.2, 0.25) is 0 Å². The molecule has 2 aromatic carbocycles. The maximum Gasteiger partial charge on any atom is 0.270 e. The zero-order valence-electron chi connectivity index (χ0n) is 14.2. The number of non-ortho nitro benzene ring substituents is 1. The number of thiazole rings is 1. The minimum Gasteiger partial charge on any atom is -0.305 e. The molecular formula is C19H15N3O3S2. The molecular weight excluding hydrogens is 382 g/mol. The molecule has 1 heterocycles. The molecule has 0 radical (unpaired) electrons. The fourth-order valence-corrected chi connectivity index (χ4v) is 4.32. The first-order valence-electron chi connectivity index (χ1n) is 7.99. The summed E-state index contributed by atoms with van der Waals surface area (Å²) in [6.45, 7) is 0.237. The molecule has 0 atom stereocenters. The molecule has 0 aliphatic heterocycles. The second-order valence-electron chi connectivity index (χ2n) is 5.57. The van der Waals surface area contributed by atoms with Crippen LogP contribution in [0.15, 0.2) is 53.5 Å². The second kappa shape index (κ2) is 8.66. The van der Waals surface area contributed by atoms with Gasteiger partial charge in [-0.2, -0.15) is 4.99 Å². The van der Waals surface area contributed by atoms with Gasteiger partial charge >= 0.3 is 0 Å². The summed E-state index contributed by atoms with van der Waals surface area (Å²) in [5.41, 5.74) is 1.87. The van der Waals surface area contributed by atoms with Gasteiger partial charge in [-0.1, -0.05) is 47.6 Å². The molecule has 136 valence electrons. The number of hydrogen-bond acceptors (Lipinski definition) is 5. The summed E-state index contributed by atoms with van der Waals surface area (Å²) in [6.07, 6.45) is 5.43. The summed E-state index contributed by atoms with van der Waals surface area (Å²) >= 11 is 2.71. The number of aromatic nitrogens is 1. The molecule has 0 aliphatic rings. The maximum absolute atomic E-state index is 12.3. The minimum atomic E-state index is -0.452. The fraction of sp³-hybridized carbons (Fsp3) is 0.158. The number of carbonyl (C=O) groups excluding carboxylic acids is 1. The third kappa shape index (κ3) is 4.64. The lowest BCUT2D eigenvalue weighted by Crippen LogP contribution is -2.17. The van der Waals surface area contributed by atoms with E-state index in [0.717, 1.165) is 16.8 Å². The van der Waals surface area contributed by atoms with E-state index in [0.29, 0.717) is 9.50 Å². The molecule has 27 heavy (non-hydrogen) atoms. The van der Waals surface area contributed by atoms with Crippen LogP contribution < -0.4 is 4.80 Å². The number of terminal acetylenes is 1. The van der Waals surface area contributed by atoms with Crippen LogP contribution in [0.1, 0.15) is 5.56 Å². The lowest BCUT2D eigenvalue weighted by molar-refractivity contribution is -0.384. The Hall–Kier alpha value is -2.89. The van der Waals surface area contributed by atoms with E-state index in [9.17, 15) is 14.9 Å². The monoisotopic (exact) mass is 397 g/mol. The van der Waals surface area contributed by atoms with Gasteiger partial charge in [0.15, 0.2) is 4.80 Å². The fourth-order valence-electron chi connectivity index (χ4n) is 2.47. The van der Waals surface area contributed by atoms with Crippen LogP contribution >= 0.6 is 23.1 Å². The number of carbonyl (C=O) groups is 1. The number of rotatable bonds is 6. The summed E-state index contributed by atoms with van der Waals surface area (Å²) in [5.74, 6) is 3.25. The van der Waals surface area contributed by atoms with Crippen molar-refractivity contribution in [2.24, 2.45) is 4.99 Å². The van der Waals surface area contributed by atoms with Crippen molar-refractivity contribution >= 4 is 44.9 Å². The van der Waals surface area contributed by atoms with E-state index in [1.54, 1.807) is 10.6 Å². The molecule has 1 aromatic heterocycles. The Morgan fingerprint density at radius 1 is 1.30 bits per heavy atom. The van der Waals surface area contributed by atoms with Gasteiger partial charge in [0, 0.05) is 17.9 Å². The SMILES string of the molecule is C#CCn1c(=NC(=O)CSCc2ccccc2)sc2cc([N+](=O)[O-])ccc21. The van der Waals surface area contributed by atoms with Crippen LogP contribution in [0.4, 0.5) is 5.69 Å². The Labute approximate surface area is 163 Å². The number of nitro benzene ring substituents is 1. The molecule has 6 nitrogen and oxygen atoms in total. The van der Waals surface area contributed by atoms with E-state index in [-0.39, 0.29) is 23.9 Å². The molecule has 0 aliphatic carbocycles. The summed E-state index contributed by atoms with van der Waals surface area (Å²) < 4.78 is 2.40. The van der Waals surface area contributed by atoms with Gasteiger partial charge in [0.1, 0.15) is 0 Å². The minimum absolute atomic E-state index is 0.00657. The van der Waals surface area contributed by atoms with E-state index in [1.165, 1.54) is 35.2 Å². The van der Waals surface area contributed by atoms with Crippen molar-refractivity contribution < 1.29 is 9.72 Å². The number of fused-ring (bicyclic) bond motifs is 1. The highest BCUT2D eigenvalue weighted by Gasteiger charge is 2.12. The largest absolute Gasteiger partial charge is 0.305 e. The zero-order valence-corrected chi connectivity index (χ0v) is 15.8. The van der Waals surface area contributed by atoms with Crippen molar-refractivity contribution in [3.05, 3.63) is 69.0 Å². The van der Waals surface area contributed by atoms with E-state index in [1.807, 2.05) is 30.3 Å². The van der Waals surface area contributed by atoms with Crippen LogP contribution in [0.25, 0.3) is 10.2 Å². The van der Waals surface area contributed by atoms with Gasteiger partial charge in [0.2, 0.25) is 0 Å². The van der Waals surface area contributed by atoms with Gasteiger partial charge in [0.05, 0.1) is 27.4 Å². The lowest BCUT2D eigenvalue weighted by atomic mass is 10.2. The van der Waals surface area contributed by atoms with Crippen molar-refractivity contribution in [3.8, 4) is 12.3 Å². The van der Waals surface area contributed by atoms with Crippen LogP contribution in [0.3, 0.4) is 0 Å². The summed E-state index contributed by atoms with van der Waals surface area (Å²) in [4.78, 5) is 27.4. The predicted octanol–water partition coefficient (Wildman–Crippen LogP) is 3.60. The van der Waals surface area contributed by atoms with Gasteiger partial charge in [-0.05, 0) is 11.6 Å². The highest BCUT2D eigenvalue weighted by Crippen LogP contribution is 2.23. The number of nitrogens with zero attached hydrogens (tertiary/aromatic N) is 3. The average molecular weight is 397 g/mol. The Morgan fingerprint density at radius 2 is 2.07 bits per heavy atom. The van der Waals surface area contributed by atoms with E-state index in [2.05, 4.69) is 10.9 Å². The van der Waals surface area contributed by atoms with Crippen LogP contribution in [0, 0.1) is 22.5 Å². The maximum atomic E-state index is 12.3. The quantitative estimate of drug-likeness (QED) is 0.362. The highest BCUT2D eigenvalue weighted by atomic mass is 32.2. The number of nitro groups is 1. The van der Waals surface area contributed by atoms with Crippen LogP contribution in [-0.2, 0) is 17.1 Å². The van der Waals surface area contributed by atoms with Crippen LogP contribution in [0.5, 0.6) is 0 Å². The zero-order chi connectivity index (χ0) is 19.2. The molecule has 0 unspecified atom stereocenters. The number of thioether (sulfide) groups is 1. The molecule has 0 bridgehead atoms. The second-order valence-corrected chi connectivity index (χ2v) is 7.56. The standard InChI is InChI=1S/C19H15N3O3S2/c1-2-10-21-16-9-8-15(22(24)25)11-17(16)27-19(21)20-18(23)13-26-12-14-6-4-3-5-7-14/h1,3-9,11H,10,12-13H2. The topological polar surface area (TPSA) is 77.5 Å². The third-order valence-corrected chi connectivity index (χ3v) is 5.71. The molecule has 3 rings (SSSR count). The summed E-state index contributed by atoms with van der Waals surface area (Å²) in [7, 11) is 0. The molecule has 8 heteroatoms. The number of amides is 1. The van der Waals surface area contributed by atoms with Gasteiger partial charge < -0.3 is 4.57 Å². The molecule has 1 amide bonds. The average Bonchev–Trinajstić information content (AvgIpc) is 2.99. The first-order chi connectivity index (χ1) is 13.1. The van der Waals surface area contributed by atoms with Gasteiger partial charge in [-0.25, -0.2) is 0 Å². The van der Waals surface area contributed by atoms with Gasteiger partial charge in [-0.3, -0.25) is 14.9 Å². The van der Waals surface area contributed by atoms with E-state index >= 15 is 0 Å². The van der Waals surface area contributed by atoms with Crippen molar-refractivity contribution in [3.63, 3.8) is 0 Å². The lowest BCUT2D eigenvalue weighted by Gasteiger charge is -2.00. The van der Waals surface area contributed by atoms with Crippen molar-refractivity contribution in [1.82, 2.24) is 4.57 Å². The van der Waals surface area contributed by atoms with E-state index in [4.69, 9.17) is 6.42 Å². The Morgan fingerprint density at radius 3 is 2.78 bits per heavy atom. The number of benzene rings is 2. The Balaban J connectivity index is 1.83. The molecule has 0 spiro atoms. The summed E-state index contributed by atoms with van der Waals surface area (Å²) in [5, 5.41) is 11.0. The van der Waals surface area contributed by atoms with Crippen molar-refractivity contribution in [2.75, 3.05) is 5.75 Å². The molecule has 0 fully saturated rings. The van der Waals surface area contributed by atoms with Crippen molar-refractivity contribution in [2.45, 2.75) is 12.3 Å². The Kier molecular flexibility index (Phi) is 6.06. The smallest absolute Gasteiger partial charge is 0.270 e.